The Labute approximate surface area is 117 Å². The molecular weight excluding hydrogens is 260 g/mol. The van der Waals surface area contributed by atoms with Gasteiger partial charge in [-0.3, -0.25) is 4.79 Å². The van der Waals surface area contributed by atoms with Gasteiger partial charge in [0, 0.05) is 13.3 Å². The Morgan fingerprint density at radius 2 is 2.20 bits per heavy atom. The van der Waals surface area contributed by atoms with Crippen LogP contribution < -0.4 is 0 Å². The third-order valence-corrected chi connectivity index (χ3v) is 3.14. The summed E-state index contributed by atoms with van der Waals surface area (Å²) >= 11 is 0. The third-order valence-electron chi connectivity index (χ3n) is 3.14. The molecule has 108 valence electrons. The Balaban J connectivity index is 2.17. The van der Waals surface area contributed by atoms with Gasteiger partial charge in [-0.1, -0.05) is 6.08 Å². The van der Waals surface area contributed by atoms with E-state index in [0.717, 1.165) is 0 Å². The maximum absolute atomic E-state index is 12.0. The average molecular weight is 278 g/mol. The SMILES string of the molecule is CCOC(=O)c1c(C)ncn1C1C=C[C@@H](OC(C)=O)C1. The number of allylic oxidation sites excluding steroid dienone is 1. The Morgan fingerprint density at radius 1 is 1.45 bits per heavy atom. The minimum atomic E-state index is -0.383. The monoisotopic (exact) mass is 278 g/mol. The van der Waals surface area contributed by atoms with E-state index in [0.29, 0.717) is 24.4 Å². The van der Waals surface area contributed by atoms with E-state index >= 15 is 0 Å². The maximum Gasteiger partial charge on any atom is 0.356 e. The zero-order valence-corrected chi connectivity index (χ0v) is 11.8. The van der Waals surface area contributed by atoms with Crippen molar-refractivity contribution in [1.82, 2.24) is 9.55 Å². The molecule has 0 aromatic carbocycles. The second-order valence-electron chi connectivity index (χ2n) is 4.64. The molecule has 20 heavy (non-hydrogen) atoms. The number of carbonyl (C=O) groups is 2. The average Bonchev–Trinajstić information content (AvgIpc) is 2.95. The van der Waals surface area contributed by atoms with Gasteiger partial charge in [-0.2, -0.15) is 0 Å². The first-order valence-electron chi connectivity index (χ1n) is 6.59. The number of hydrogen-bond donors (Lipinski definition) is 0. The summed E-state index contributed by atoms with van der Waals surface area (Å²) in [4.78, 5) is 27.1. The van der Waals surface area contributed by atoms with Crippen molar-refractivity contribution >= 4 is 11.9 Å². The van der Waals surface area contributed by atoms with Gasteiger partial charge in [-0.05, 0) is 19.9 Å². The molecule has 0 N–H and O–H groups in total. The standard InChI is InChI=1S/C14H18N2O4/c1-4-19-14(18)13-9(2)15-8-16(13)11-5-6-12(7-11)20-10(3)17/h5-6,8,11-12H,4,7H2,1-3H3/t11?,12-/m1/s1. The molecule has 1 aromatic heterocycles. The Bertz CT molecular complexity index is 547. The molecule has 6 heteroatoms. The Morgan fingerprint density at radius 3 is 2.85 bits per heavy atom. The smallest absolute Gasteiger partial charge is 0.356 e. The van der Waals surface area contributed by atoms with E-state index in [1.807, 2.05) is 12.2 Å². The summed E-state index contributed by atoms with van der Waals surface area (Å²) in [5.74, 6) is -0.695. The van der Waals surface area contributed by atoms with E-state index < -0.39 is 0 Å². The van der Waals surface area contributed by atoms with Gasteiger partial charge in [-0.25, -0.2) is 9.78 Å². The zero-order valence-electron chi connectivity index (χ0n) is 11.8. The Hall–Kier alpha value is -2.11. The van der Waals surface area contributed by atoms with E-state index in [9.17, 15) is 9.59 Å². The molecule has 1 aliphatic carbocycles. The molecule has 2 atom stereocenters. The number of hydrogen-bond acceptors (Lipinski definition) is 5. The van der Waals surface area contributed by atoms with Gasteiger partial charge < -0.3 is 14.0 Å². The predicted molar refractivity (Wildman–Crippen MR) is 71.3 cm³/mol. The van der Waals surface area contributed by atoms with E-state index in [-0.39, 0.29) is 24.1 Å². The highest BCUT2D eigenvalue weighted by Gasteiger charge is 2.27. The molecule has 0 aliphatic heterocycles. The van der Waals surface area contributed by atoms with Crippen LogP contribution in [0, 0.1) is 6.92 Å². The summed E-state index contributed by atoms with van der Waals surface area (Å²) < 4.78 is 12.0. The fraction of sp³-hybridized carbons (Fsp3) is 0.500. The highest BCUT2D eigenvalue weighted by molar-refractivity contribution is 5.88. The molecule has 0 fully saturated rings. The van der Waals surface area contributed by atoms with Crippen LogP contribution in [0.1, 0.15) is 42.5 Å². The van der Waals surface area contributed by atoms with Crippen LogP contribution in [0.4, 0.5) is 0 Å². The van der Waals surface area contributed by atoms with Gasteiger partial charge in [0.25, 0.3) is 0 Å². The normalized spacial score (nSPS) is 20.9. The molecule has 0 radical (unpaired) electrons. The van der Waals surface area contributed by atoms with E-state index in [4.69, 9.17) is 9.47 Å². The number of imidazole rings is 1. The zero-order chi connectivity index (χ0) is 14.7. The third kappa shape index (κ3) is 2.89. The number of carbonyl (C=O) groups excluding carboxylic acids is 2. The van der Waals surface area contributed by atoms with Crippen molar-refractivity contribution in [1.29, 1.82) is 0 Å². The molecule has 1 aliphatic rings. The minimum Gasteiger partial charge on any atom is -0.461 e. The van der Waals surface area contributed by atoms with Gasteiger partial charge in [0.2, 0.25) is 0 Å². The maximum atomic E-state index is 12.0. The number of aryl methyl sites for hydroxylation is 1. The summed E-state index contributed by atoms with van der Waals surface area (Å²) in [7, 11) is 0. The number of aromatic nitrogens is 2. The molecular formula is C14H18N2O4. The molecule has 0 saturated heterocycles. The lowest BCUT2D eigenvalue weighted by Gasteiger charge is -2.16. The first kappa shape index (κ1) is 14.3. The lowest BCUT2D eigenvalue weighted by atomic mass is 10.2. The van der Waals surface area contributed by atoms with Crippen molar-refractivity contribution < 1.29 is 19.1 Å². The second-order valence-corrected chi connectivity index (χ2v) is 4.64. The first-order valence-corrected chi connectivity index (χ1v) is 6.59. The largest absolute Gasteiger partial charge is 0.461 e. The quantitative estimate of drug-likeness (QED) is 0.620. The van der Waals surface area contributed by atoms with Crippen LogP contribution in [-0.4, -0.2) is 34.2 Å². The molecule has 1 heterocycles. The van der Waals surface area contributed by atoms with Crippen LogP contribution >= 0.6 is 0 Å². The highest BCUT2D eigenvalue weighted by atomic mass is 16.5. The summed E-state index contributed by atoms with van der Waals surface area (Å²) in [5, 5.41) is 0. The van der Waals surface area contributed by atoms with Crippen LogP contribution in [-0.2, 0) is 14.3 Å². The van der Waals surface area contributed by atoms with Crippen LogP contribution in [0.5, 0.6) is 0 Å². The van der Waals surface area contributed by atoms with Crippen molar-refractivity contribution in [3.63, 3.8) is 0 Å². The molecule has 2 rings (SSSR count). The van der Waals surface area contributed by atoms with Crippen molar-refractivity contribution in [2.24, 2.45) is 0 Å². The summed E-state index contributed by atoms with van der Waals surface area (Å²) in [6.45, 7) is 5.23. The number of nitrogens with zero attached hydrogens (tertiary/aromatic N) is 2. The minimum absolute atomic E-state index is 0.0556. The van der Waals surface area contributed by atoms with Crippen LogP contribution in [0.25, 0.3) is 0 Å². The predicted octanol–water partition coefficient (Wildman–Crippen LogP) is 1.80. The lowest BCUT2D eigenvalue weighted by Crippen LogP contribution is -2.18. The summed E-state index contributed by atoms with van der Waals surface area (Å²) in [6, 6.07) is -0.0556. The highest BCUT2D eigenvalue weighted by Crippen LogP contribution is 2.27. The molecule has 1 unspecified atom stereocenters. The Kier molecular flexibility index (Phi) is 4.22. The fourth-order valence-electron chi connectivity index (χ4n) is 2.31. The van der Waals surface area contributed by atoms with Gasteiger partial charge in [0.15, 0.2) is 5.69 Å². The van der Waals surface area contributed by atoms with Gasteiger partial charge in [-0.15, -0.1) is 0 Å². The fourth-order valence-corrected chi connectivity index (χ4v) is 2.31. The first-order chi connectivity index (χ1) is 9.52. The van der Waals surface area contributed by atoms with Crippen LogP contribution in [0.2, 0.25) is 0 Å². The number of esters is 2. The lowest BCUT2D eigenvalue weighted by molar-refractivity contribution is -0.144. The molecule has 0 bridgehead atoms. The number of rotatable bonds is 4. The van der Waals surface area contributed by atoms with E-state index in [2.05, 4.69) is 4.98 Å². The van der Waals surface area contributed by atoms with E-state index in [1.54, 1.807) is 24.7 Å². The molecule has 0 saturated carbocycles. The van der Waals surface area contributed by atoms with Gasteiger partial charge >= 0.3 is 11.9 Å². The molecule has 0 spiro atoms. The van der Waals surface area contributed by atoms with Gasteiger partial charge in [0.1, 0.15) is 6.10 Å². The molecule has 0 amide bonds. The summed E-state index contributed by atoms with van der Waals surface area (Å²) in [6.07, 6.45) is 5.71. The summed E-state index contributed by atoms with van der Waals surface area (Å²) in [5.41, 5.74) is 1.08. The van der Waals surface area contributed by atoms with Crippen molar-refractivity contribution in [3.8, 4) is 0 Å². The topological polar surface area (TPSA) is 70.4 Å². The van der Waals surface area contributed by atoms with Crippen LogP contribution in [0.15, 0.2) is 18.5 Å². The van der Waals surface area contributed by atoms with E-state index in [1.165, 1.54) is 6.92 Å². The van der Waals surface area contributed by atoms with Crippen molar-refractivity contribution in [2.45, 2.75) is 39.3 Å². The van der Waals surface area contributed by atoms with Crippen molar-refractivity contribution in [3.05, 3.63) is 29.9 Å². The second kappa shape index (κ2) is 5.90. The molecule has 6 nitrogen and oxygen atoms in total. The van der Waals surface area contributed by atoms with Gasteiger partial charge in [0.05, 0.1) is 24.7 Å². The van der Waals surface area contributed by atoms with Crippen LogP contribution in [0.3, 0.4) is 0 Å². The number of ether oxygens (including phenoxy) is 2. The van der Waals surface area contributed by atoms with Crippen molar-refractivity contribution in [2.75, 3.05) is 6.61 Å². The molecule has 1 aromatic rings.